The third-order valence-electron chi connectivity index (χ3n) is 6.45. The Morgan fingerprint density at radius 1 is 0.756 bits per heavy atom. The number of halogens is 1. The average molecular weight is 630 g/mol. The number of rotatable bonds is 12. The summed E-state index contributed by atoms with van der Waals surface area (Å²) in [4.78, 5) is 40.2. The second-order valence-corrected chi connectivity index (χ2v) is 11.0. The summed E-state index contributed by atoms with van der Waals surface area (Å²) in [6, 6.07) is 24.2. The molecule has 9 nitrogen and oxygen atoms in total. The van der Waals surface area contributed by atoms with Gasteiger partial charge in [0, 0.05) is 33.5 Å². The Morgan fingerprint density at radius 3 is 2.09 bits per heavy atom. The van der Waals surface area contributed by atoms with E-state index in [9.17, 15) is 18.8 Å². The number of nitrogens with one attached hydrogen (secondary N) is 3. The van der Waals surface area contributed by atoms with Crippen LogP contribution in [0.2, 0.25) is 0 Å². The summed E-state index contributed by atoms with van der Waals surface area (Å²) >= 11 is 1.28. The van der Waals surface area contributed by atoms with Gasteiger partial charge in [0.05, 0.1) is 26.6 Å². The van der Waals surface area contributed by atoms with Crippen molar-refractivity contribution in [3.8, 4) is 17.2 Å². The molecule has 1 unspecified atom stereocenters. The average Bonchev–Trinajstić information content (AvgIpc) is 3.05. The van der Waals surface area contributed by atoms with Crippen LogP contribution in [0.5, 0.6) is 17.2 Å². The first-order valence-electron chi connectivity index (χ1n) is 13.7. The van der Waals surface area contributed by atoms with Gasteiger partial charge in [-0.25, -0.2) is 4.39 Å². The van der Waals surface area contributed by atoms with Crippen LogP contribution in [-0.4, -0.2) is 44.3 Å². The second kappa shape index (κ2) is 15.4. The minimum absolute atomic E-state index is 0.0560. The normalized spacial score (nSPS) is 11.6. The monoisotopic (exact) mass is 629 g/mol. The molecule has 3 amide bonds. The van der Waals surface area contributed by atoms with Gasteiger partial charge in [-0.3, -0.25) is 14.4 Å². The van der Waals surface area contributed by atoms with E-state index in [2.05, 4.69) is 16.0 Å². The van der Waals surface area contributed by atoms with Gasteiger partial charge in [0.25, 0.3) is 11.8 Å². The Bertz CT molecular complexity index is 1700. The van der Waals surface area contributed by atoms with Gasteiger partial charge < -0.3 is 30.2 Å². The molecular formula is C34H32FN3O6S. The number of ether oxygens (including phenoxy) is 3. The van der Waals surface area contributed by atoms with Gasteiger partial charge in [-0.15, -0.1) is 11.8 Å². The van der Waals surface area contributed by atoms with Gasteiger partial charge in [0.2, 0.25) is 5.91 Å². The zero-order valence-electron chi connectivity index (χ0n) is 25.1. The maximum absolute atomic E-state index is 13.6. The van der Waals surface area contributed by atoms with E-state index in [-0.39, 0.29) is 11.6 Å². The lowest BCUT2D eigenvalue weighted by Crippen LogP contribution is -2.30. The first-order valence-corrected chi connectivity index (χ1v) is 14.6. The van der Waals surface area contributed by atoms with Crippen LogP contribution in [-0.2, 0) is 9.59 Å². The lowest BCUT2D eigenvalue weighted by Gasteiger charge is -2.15. The van der Waals surface area contributed by atoms with Crippen LogP contribution < -0.4 is 30.2 Å². The third kappa shape index (κ3) is 8.87. The van der Waals surface area contributed by atoms with Crippen molar-refractivity contribution in [3.63, 3.8) is 0 Å². The van der Waals surface area contributed by atoms with E-state index in [4.69, 9.17) is 14.2 Å². The summed E-state index contributed by atoms with van der Waals surface area (Å²) in [5.74, 6) is -0.518. The van der Waals surface area contributed by atoms with Crippen molar-refractivity contribution in [1.82, 2.24) is 5.32 Å². The van der Waals surface area contributed by atoms with Gasteiger partial charge >= 0.3 is 0 Å². The first kappa shape index (κ1) is 32.6. The SMILES string of the molecule is COc1cc(OC)c(OC)cc1/C=C(/NC(=O)c1ccccc1)C(=O)Nc1cccc(SC(C)C(=O)Nc2ccc(F)cc2)c1. The predicted octanol–water partition coefficient (Wildman–Crippen LogP) is 6.38. The Balaban J connectivity index is 1.57. The fraction of sp³-hybridized carbons (Fsp3) is 0.147. The molecular weight excluding hydrogens is 597 g/mol. The van der Waals surface area contributed by atoms with Crippen molar-refractivity contribution in [1.29, 1.82) is 0 Å². The van der Waals surface area contributed by atoms with E-state index in [0.29, 0.717) is 39.8 Å². The van der Waals surface area contributed by atoms with Gasteiger partial charge in [0.15, 0.2) is 11.5 Å². The van der Waals surface area contributed by atoms with Crippen molar-refractivity contribution in [2.75, 3.05) is 32.0 Å². The van der Waals surface area contributed by atoms with Crippen molar-refractivity contribution < 1.29 is 33.0 Å². The fourth-order valence-corrected chi connectivity index (χ4v) is 5.07. The number of benzene rings is 4. The molecule has 1 atom stereocenters. The van der Waals surface area contributed by atoms with E-state index in [1.54, 1.807) is 67.6 Å². The van der Waals surface area contributed by atoms with Gasteiger partial charge in [0.1, 0.15) is 17.3 Å². The zero-order valence-corrected chi connectivity index (χ0v) is 25.9. The van der Waals surface area contributed by atoms with Gasteiger partial charge in [-0.2, -0.15) is 0 Å². The molecule has 0 aliphatic rings. The number of methoxy groups -OCH3 is 3. The van der Waals surface area contributed by atoms with E-state index < -0.39 is 22.9 Å². The Kier molecular flexibility index (Phi) is 11.2. The molecule has 0 aliphatic carbocycles. The molecule has 0 spiro atoms. The summed E-state index contributed by atoms with van der Waals surface area (Å²) in [7, 11) is 4.46. The highest BCUT2D eigenvalue weighted by molar-refractivity contribution is 8.00. The lowest BCUT2D eigenvalue weighted by molar-refractivity contribution is -0.115. The smallest absolute Gasteiger partial charge is 0.272 e. The minimum atomic E-state index is -0.597. The Hall–Kier alpha value is -5.29. The molecule has 0 aliphatic heterocycles. The van der Waals surface area contributed by atoms with Crippen LogP contribution in [0.15, 0.2) is 102 Å². The van der Waals surface area contributed by atoms with Crippen molar-refractivity contribution >= 4 is 46.9 Å². The summed E-state index contributed by atoms with van der Waals surface area (Å²) in [6.45, 7) is 1.74. The highest BCUT2D eigenvalue weighted by atomic mass is 32.2. The molecule has 0 fully saturated rings. The Labute approximate surface area is 264 Å². The van der Waals surface area contributed by atoms with Gasteiger partial charge in [-0.1, -0.05) is 24.3 Å². The molecule has 4 rings (SSSR count). The molecule has 45 heavy (non-hydrogen) atoms. The largest absolute Gasteiger partial charge is 0.496 e. The molecule has 4 aromatic carbocycles. The molecule has 0 aromatic heterocycles. The lowest BCUT2D eigenvalue weighted by atomic mass is 10.1. The molecule has 3 N–H and O–H groups in total. The maximum atomic E-state index is 13.6. The minimum Gasteiger partial charge on any atom is -0.496 e. The first-order chi connectivity index (χ1) is 21.7. The van der Waals surface area contributed by atoms with E-state index in [1.807, 2.05) is 6.07 Å². The van der Waals surface area contributed by atoms with Crippen LogP contribution >= 0.6 is 11.8 Å². The number of anilines is 2. The van der Waals surface area contributed by atoms with Crippen LogP contribution in [0, 0.1) is 5.82 Å². The Morgan fingerprint density at radius 2 is 1.42 bits per heavy atom. The third-order valence-corrected chi connectivity index (χ3v) is 7.54. The number of hydrogen-bond acceptors (Lipinski definition) is 7. The number of amides is 3. The molecule has 232 valence electrons. The summed E-state index contributed by atoms with van der Waals surface area (Å²) in [5, 5.41) is 7.79. The summed E-state index contributed by atoms with van der Waals surface area (Å²) in [5.41, 5.74) is 1.69. The predicted molar refractivity (Wildman–Crippen MR) is 173 cm³/mol. The van der Waals surface area contributed by atoms with E-state index in [0.717, 1.165) is 4.90 Å². The summed E-state index contributed by atoms with van der Waals surface area (Å²) in [6.07, 6.45) is 1.48. The number of thioether (sulfide) groups is 1. The zero-order chi connectivity index (χ0) is 32.3. The van der Waals surface area contributed by atoms with Crippen LogP contribution in [0.3, 0.4) is 0 Å². The number of carbonyl (C=O) groups excluding carboxylic acids is 3. The van der Waals surface area contributed by atoms with Crippen molar-refractivity contribution in [3.05, 3.63) is 114 Å². The van der Waals surface area contributed by atoms with Crippen molar-refractivity contribution in [2.45, 2.75) is 17.1 Å². The topological polar surface area (TPSA) is 115 Å². The van der Waals surface area contributed by atoms with E-state index >= 15 is 0 Å². The molecule has 0 radical (unpaired) electrons. The number of hydrogen-bond donors (Lipinski definition) is 3. The molecule has 0 saturated carbocycles. The summed E-state index contributed by atoms with van der Waals surface area (Å²) < 4.78 is 29.5. The molecule has 0 bridgehead atoms. The maximum Gasteiger partial charge on any atom is 0.272 e. The standard InChI is InChI=1S/C34H32FN3O6S/c1-21(32(39)36-25-15-13-24(35)14-16-25)45-27-12-8-11-26(19-27)37-34(41)28(38-33(40)22-9-6-5-7-10-22)17-23-18-30(43-3)31(44-4)20-29(23)42-2/h5-21H,1-4H3,(H,36,39)(H,37,41)(H,38,40)/b28-17+. The van der Waals surface area contributed by atoms with E-state index in [1.165, 1.54) is 63.4 Å². The molecule has 0 heterocycles. The highest BCUT2D eigenvalue weighted by Gasteiger charge is 2.19. The van der Waals surface area contributed by atoms with Crippen LogP contribution in [0.25, 0.3) is 6.08 Å². The van der Waals surface area contributed by atoms with Crippen molar-refractivity contribution in [2.24, 2.45) is 0 Å². The highest BCUT2D eigenvalue weighted by Crippen LogP contribution is 2.36. The molecule has 4 aromatic rings. The van der Waals surface area contributed by atoms with Crippen LogP contribution in [0.4, 0.5) is 15.8 Å². The molecule has 11 heteroatoms. The molecule has 0 saturated heterocycles. The number of carbonyl (C=O) groups is 3. The quantitative estimate of drug-likeness (QED) is 0.123. The van der Waals surface area contributed by atoms with Crippen LogP contribution in [0.1, 0.15) is 22.8 Å². The van der Waals surface area contributed by atoms with Gasteiger partial charge in [-0.05, 0) is 73.7 Å². The second-order valence-electron chi connectivity index (χ2n) is 9.57. The fourth-order valence-electron chi connectivity index (χ4n) is 4.14.